The van der Waals surface area contributed by atoms with Crippen molar-refractivity contribution in [1.82, 2.24) is 0 Å². The van der Waals surface area contributed by atoms with Gasteiger partial charge >= 0.3 is 0 Å². The molecule has 0 aliphatic heterocycles. The van der Waals surface area contributed by atoms with Gasteiger partial charge in [-0.1, -0.05) is 47.5 Å². The number of carbonyl (C=O) groups excluding carboxylic acids is 1. The Kier molecular flexibility index (Phi) is 3.85. The second-order valence-corrected chi connectivity index (χ2v) is 6.56. The summed E-state index contributed by atoms with van der Waals surface area (Å²) >= 11 is 0. The molecule has 1 heterocycles. The lowest BCUT2D eigenvalue weighted by molar-refractivity contribution is 0.104. The first kappa shape index (κ1) is 16.2. The van der Waals surface area contributed by atoms with E-state index >= 15 is 0 Å². The van der Waals surface area contributed by atoms with Gasteiger partial charge in [0.25, 0.3) is 0 Å². The SMILES string of the molecule is Cc1cc(C)cc(C(=O)c2c(-c3cccc(O)c3)oc3ccccc23)c1. The lowest BCUT2D eigenvalue weighted by atomic mass is 9.95. The first-order chi connectivity index (χ1) is 12.5. The Labute approximate surface area is 151 Å². The van der Waals surface area contributed by atoms with Crippen molar-refractivity contribution in [3.63, 3.8) is 0 Å². The number of benzene rings is 3. The molecule has 128 valence electrons. The summed E-state index contributed by atoms with van der Waals surface area (Å²) in [5, 5.41) is 10.6. The van der Waals surface area contributed by atoms with Gasteiger partial charge in [-0.2, -0.15) is 0 Å². The van der Waals surface area contributed by atoms with Gasteiger partial charge in [0.05, 0.1) is 5.56 Å². The second-order valence-electron chi connectivity index (χ2n) is 6.56. The molecule has 26 heavy (non-hydrogen) atoms. The van der Waals surface area contributed by atoms with Crippen LogP contribution in [0.25, 0.3) is 22.3 Å². The van der Waals surface area contributed by atoms with E-state index in [0.29, 0.717) is 28.0 Å². The van der Waals surface area contributed by atoms with Gasteiger partial charge in [-0.3, -0.25) is 4.79 Å². The van der Waals surface area contributed by atoms with Crippen molar-refractivity contribution in [2.45, 2.75) is 13.8 Å². The number of hydrogen-bond donors (Lipinski definition) is 1. The molecule has 0 aliphatic rings. The highest BCUT2D eigenvalue weighted by Gasteiger charge is 2.23. The van der Waals surface area contributed by atoms with Gasteiger partial charge in [-0.25, -0.2) is 0 Å². The fourth-order valence-electron chi connectivity index (χ4n) is 3.37. The van der Waals surface area contributed by atoms with E-state index in [1.807, 2.05) is 62.4 Å². The third-order valence-electron chi connectivity index (χ3n) is 4.41. The van der Waals surface area contributed by atoms with Gasteiger partial charge in [0.15, 0.2) is 5.78 Å². The minimum atomic E-state index is -0.0832. The zero-order valence-corrected chi connectivity index (χ0v) is 14.6. The molecule has 0 amide bonds. The topological polar surface area (TPSA) is 50.4 Å². The number of ketones is 1. The molecule has 0 spiro atoms. The van der Waals surface area contributed by atoms with Crippen molar-refractivity contribution in [2.75, 3.05) is 0 Å². The highest BCUT2D eigenvalue weighted by atomic mass is 16.3. The van der Waals surface area contributed by atoms with Crippen LogP contribution in [-0.4, -0.2) is 10.9 Å². The molecule has 0 fully saturated rings. The predicted octanol–water partition coefficient (Wildman–Crippen LogP) is 5.65. The van der Waals surface area contributed by atoms with Crippen molar-refractivity contribution in [1.29, 1.82) is 0 Å². The van der Waals surface area contributed by atoms with Crippen LogP contribution in [0, 0.1) is 13.8 Å². The number of aryl methyl sites for hydroxylation is 2. The highest BCUT2D eigenvalue weighted by molar-refractivity contribution is 6.19. The minimum absolute atomic E-state index is 0.0832. The zero-order valence-electron chi connectivity index (χ0n) is 14.6. The van der Waals surface area contributed by atoms with Crippen LogP contribution < -0.4 is 0 Å². The maximum absolute atomic E-state index is 13.4. The number of aromatic hydroxyl groups is 1. The summed E-state index contributed by atoms with van der Waals surface area (Å²) in [6, 6.07) is 20.1. The second kappa shape index (κ2) is 6.19. The predicted molar refractivity (Wildman–Crippen MR) is 103 cm³/mol. The molecule has 4 rings (SSSR count). The first-order valence-electron chi connectivity index (χ1n) is 8.47. The first-order valence-corrected chi connectivity index (χ1v) is 8.47. The average Bonchev–Trinajstić information content (AvgIpc) is 3.00. The van der Waals surface area contributed by atoms with E-state index in [1.165, 1.54) is 0 Å². The Bertz CT molecular complexity index is 1120. The number of fused-ring (bicyclic) bond motifs is 1. The maximum Gasteiger partial charge on any atom is 0.197 e. The Morgan fingerprint density at radius 1 is 0.885 bits per heavy atom. The van der Waals surface area contributed by atoms with E-state index in [4.69, 9.17) is 4.42 Å². The summed E-state index contributed by atoms with van der Waals surface area (Å²) in [5.74, 6) is 0.527. The molecule has 0 unspecified atom stereocenters. The van der Waals surface area contributed by atoms with E-state index in [9.17, 15) is 9.90 Å². The van der Waals surface area contributed by atoms with Crippen molar-refractivity contribution in [2.24, 2.45) is 0 Å². The smallest absolute Gasteiger partial charge is 0.197 e. The lowest BCUT2D eigenvalue weighted by Crippen LogP contribution is -2.03. The summed E-state index contributed by atoms with van der Waals surface area (Å²) in [7, 11) is 0. The summed E-state index contributed by atoms with van der Waals surface area (Å²) < 4.78 is 6.01. The van der Waals surface area contributed by atoms with Gasteiger partial charge in [-0.05, 0) is 44.2 Å². The van der Waals surface area contributed by atoms with Gasteiger partial charge in [0, 0.05) is 16.5 Å². The average molecular weight is 342 g/mol. The number of furan rings is 1. The molecule has 0 saturated heterocycles. The number of hydrogen-bond acceptors (Lipinski definition) is 3. The van der Waals surface area contributed by atoms with Crippen molar-refractivity contribution >= 4 is 16.8 Å². The van der Waals surface area contributed by atoms with E-state index in [0.717, 1.165) is 16.5 Å². The van der Waals surface area contributed by atoms with E-state index < -0.39 is 0 Å². The number of phenolic OH excluding ortho intramolecular Hbond substituents is 1. The molecule has 0 bridgehead atoms. The Morgan fingerprint density at radius 3 is 2.35 bits per heavy atom. The Balaban J connectivity index is 1.98. The van der Waals surface area contributed by atoms with Gasteiger partial charge < -0.3 is 9.52 Å². The summed E-state index contributed by atoms with van der Waals surface area (Å²) in [6.07, 6.45) is 0. The lowest BCUT2D eigenvalue weighted by Gasteiger charge is -2.06. The molecule has 0 aliphatic carbocycles. The summed E-state index contributed by atoms with van der Waals surface area (Å²) in [5.41, 5.74) is 4.57. The summed E-state index contributed by atoms with van der Waals surface area (Å²) in [6.45, 7) is 3.96. The van der Waals surface area contributed by atoms with Crippen LogP contribution in [0.2, 0.25) is 0 Å². The molecule has 1 aromatic heterocycles. The molecule has 0 saturated carbocycles. The number of carbonyl (C=O) groups is 1. The van der Waals surface area contributed by atoms with Crippen LogP contribution in [0.1, 0.15) is 27.0 Å². The third-order valence-corrected chi connectivity index (χ3v) is 4.41. The van der Waals surface area contributed by atoms with Crippen molar-refractivity contribution < 1.29 is 14.3 Å². The molecule has 3 aromatic carbocycles. The quantitative estimate of drug-likeness (QED) is 0.489. The molecule has 3 heteroatoms. The summed E-state index contributed by atoms with van der Waals surface area (Å²) in [4.78, 5) is 13.4. The number of rotatable bonds is 3. The highest BCUT2D eigenvalue weighted by Crippen LogP contribution is 2.36. The van der Waals surface area contributed by atoms with Crippen LogP contribution in [0.4, 0.5) is 0 Å². The van der Waals surface area contributed by atoms with Gasteiger partial charge in [0.2, 0.25) is 0 Å². The van der Waals surface area contributed by atoms with E-state index in [-0.39, 0.29) is 11.5 Å². The Morgan fingerprint density at radius 2 is 1.62 bits per heavy atom. The molecular formula is C23H18O3. The van der Waals surface area contributed by atoms with Gasteiger partial charge in [-0.15, -0.1) is 0 Å². The van der Waals surface area contributed by atoms with Crippen molar-refractivity contribution in [3.8, 4) is 17.1 Å². The molecule has 3 nitrogen and oxygen atoms in total. The van der Waals surface area contributed by atoms with Crippen LogP contribution in [0.3, 0.4) is 0 Å². The largest absolute Gasteiger partial charge is 0.508 e. The number of para-hydroxylation sites is 1. The van der Waals surface area contributed by atoms with E-state index in [1.54, 1.807) is 18.2 Å². The third kappa shape index (κ3) is 2.78. The maximum atomic E-state index is 13.4. The fourth-order valence-corrected chi connectivity index (χ4v) is 3.37. The number of phenols is 1. The Hall–Kier alpha value is -3.33. The monoisotopic (exact) mass is 342 g/mol. The van der Waals surface area contributed by atoms with Crippen molar-refractivity contribution in [3.05, 3.63) is 89.0 Å². The van der Waals surface area contributed by atoms with Gasteiger partial charge in [0.1, 0.15) is 17.1 Å². The zero-order chi connectivity index (χ0) is 18.3. The van der Waals surface area contributed by atoms with E-state index in [2.05, 4.69) is 0 Å². The standard InChI is InChI=1S/C23H18O3/c1-14-10-15(2)12-17(11-14)22(25)21-19-8-3-4-9-20(19)26-23(21)16-6-5-7-18(24)13-16/h3-13,24H,1-2H3. The van der Waals surface area contributed by atoms with Crippen LogP contribution in [0.5, 0.6) is 5.75 Å². The van der Waals surface area contributed by atoms with Crippen LogP contribution >= 0.6 is 0 Å². The normalized spacial score (nSPS) is 11.0. The van der Waals surface area contributed by atoms with Crippen LogP contribution in [0.15, 0.2) is 71.1 Å². The fraction of sp³-hybridized carbons (Fsp3) is 0.0870. The molecule has 1 N–H and O–H groups in total. The molecule has 0 radical (unpaired) electrons. The molecule has 0 atom stereocenters. The molecule has 4 aromatic rings. The van der Waals surface area contributed by atoms with Crippen LogP contribution in [-0.2, 0) is 0 Å². The minimum Gasteiger partial charge on any atom is -0.508 e. The molecular weight excluding hydrogens is 324 g/mol.